The molecule has 0 amide bonds. The van der Waals surface area contributed by atoms with Gasteiger partial charge in [0.05, 0.1) is 6.54 Å². The minimum absolute atomic E-state index is 0.0363. The van der Waals surface area contributed by atoms with Crippen LogP contribution in [0.15, 0.2) is 52.3 Å². The molecule has 0 atom stereocenters. The molecule has 0 bridgehead atoms. The summed E-state index contributed by atoms with van der Waals surface area (Å²) in [6, 6.07) is 12.2. The van der Waals surface area contributed by atoms with E-state index in [1.54, 1.807) is 23.3 Å². The van der Waals surface area contributed by atoms with Gasteiger partial charge in [-0.15, -0.1) is 11.3 Å². The zero-order chi connectivity index (χ0) is 15.2. The molecule has 0 fully saturated rings. The molecule has 3 nitrogen and oxygen atoms in total. The van der Waals surface area contributed by atoms with E-state index in [2.05, 4.69) is 40.2 Å². The van der Waals surface area contributed by atoms with Gasteiger partial charge in [-0.3, -0.25) is 9.69 Å². The van der Waals surface area contributed by atoms with E-state index >= 15 is 0 Å². The van der Waals surface area contributed by atoms with Crippen LogP contribution in [0.5, 0.6) is 0 Å². The van der Waals surface area contributed by atoms with Gasteiger partial charge >= 0.3 is 5.97 Å². The lowest BCUT2D eigenvalue weighted by Crippen LogP contribution is -2.25. The number of benzene rings is 1. The molecule has 2 aromatic rings. The van der Waals surface area contributed by atoms with Gasteiger partial charge in [-0.2, -0.15) is 0 Å². The molecule has 1 aromatic heterocycles. The first-order valence-electron chi connectivity index (χ1n) is 6.46. The molecule has 1 heterocycles. The molecular formula is C16H16BrNO2S. The molecule has 21 heavy (non-hydrogen) atoms. The summed E-state index contributed by atoms with van der Waals surface area (Å²) in [6.07, 6.45) is 2.08. The van der Waals surface area contributed by atoms with Crippen molar-refractivity contribution in [3.8, 4) is 0 Å². The summed E-state index contributed by atoms with van der Waals surface area (Å²) in [4.78, 5) is 13.7. The maximum atomic E-state index is 10.7. The van der Waals surface area contributed by atoms with Gasteiger partial charge in [0.2, 0.25) is 0 Å². The van der Waals surface area contributed by atoms with Gasteiger partial charge in [0, 0.05) is 15.9 Å². The van der Waals surface area contributed by atoms with Gasteiger partial charge in [0.25, 0.3) is 0 Å². The average Bonchev–Trinajstić information content (AvgIpc) is 2.94. The van der Waals surface area contributed by atoms with Crippen molar-refractivity contribution in [3.05, 3.63) is 62.8 Å². The summed E-state index contributed by atoms with van der Waals surface area (Å²) in [5.74, 6) is -0.813. The Bertz CT molecular complexity index is 620. The topological polar surface area (TPSA) is 40.5 Å². The number of carboxylic acid groups (broad SMARTS) is 1. The lowest BCUT2D eigenvalue weighted by atomic mass is 10.0. The molecule has 0 saturated carbocycles. The van der Waals surface area contributed by atoms with E-state index in [1.807, 2.05) is 23.6 Å². The predicted molar refractivity (Wildman–Crippen MR) is 90.7 cm³/mol. The highest BCUT2D eigenvalue weighted by Gasteiger charge is 2.08. The lowest BCUT2D eigenvalue weighted by Gasteiger charge is -2.13. The molecule has 0 radical (unpaired) electrons. The van der Waals surface area contributed by atoms with E-state index in [9.17, 15) is 4.79 Å². The summed E-state index contributed by atoms with van der Waals surface area (Å²) in [6.45, 7) is 0.629. The fourth-order valence-corrected chi connectivity index (χ4v) is 3.02. The van der Waals surface area contributed by atoms with Gasteiger partial charge in [-0.1, -0.05) is 40.2 Å². The molecule has 5 heteroatoms. The SMILES string of the molecule is CN(CC=C(c1ccc(Br)cc1)c1cccs1)CC(=O)O. The van der Waals surface area contributed by atoms with Gasteiger partial charge in [0.1, 0.15) is 0 Å². The number of rotatable bonds is 6. The maximum Gasteiger partial charge on any atom is 0.317 e. The Morgan fingerprint density at radius 3 is 2.62 bits per heavy atom. The van der Waals surface area contributed by atoms with Crippen LogP contribution in [0.4, 0.5) is 0 Å². The van der Waals surface area contributed by atoms with Crippen molar-refractivity contribution in [2.24, 2.45) is 0 Å². The third-order valence-electron chi connectivity index (χ3n) is 2.95. The third-order valence-corrected chi connectivity index (χ3v) is 4.39. The maximum absolute atomic E-state index is 10.7. The van der Waals surface area contributed by atoms with Gasteiger partial charge < -0.3 is 5.11 Å². The number of thiophene rings is 1. The van der Waals surface area contributed by atoms with Crippen molar-refractivity contribution in [1.29, 1.82) is 0 Å². The quantitative estimate of drug-likeness (QED) is 0.841. The normalized spacial score (nSPS) is 11.9. The summed E-state index contributed by atoms with van der Waals surface area (Å²) in [5.41, 5.74) is 2.26. The second-order valence-corrected chi connectivity index (χ2v) is 6.56. The number of aliphatic carboxylic acids is 1. The van der Waals surface area contributed by atoms with Gasteiger partial charge in [0.15, 0.2) is 0 Å². The van der Waals surface area contributed by atoms with Crippen LogP contribution >= 0.6 is 27.3 Å². The lowest BCUT2D eigenvalue weighted by molar-refractivity contribution is -0.137. The van der Waals surface area contributed by atoms with E-state index in [0.717, 1.165) is 15.6 Å². The van der Waals surface area contributed by atoms with E-state index in [4.69, 9.17) is 5.11 Å². The van der Waals surface area contributed by atoms with Crippen molar-refractivity contribution < 1.29 is 9.90 Å². The molecule has 0 aliphatic heterocycles. The zero-order valence-electron chi connectivity index (χ0n) is 11.6. The number of hydrogen-bond donors (Lipinski definition) is 1. The highest BCUT2D eigenvalue weighted by molar-refractivity contribution is 9.10. The fraction of sp³-hybridized carbons (Fsp3) is 0.188. The fourth-order valence-electron chi connectivity index (χ4n) is 1.96. The van der Waals surface area contributed by atoms with Gasteiger partial charge in [-0.05, 0) is 41.8 Å². The first kappa shape index (κ1) is 15.9. The Balaban J connectivity index is 2.25. The van der Waals surface area contributed by atoms with Crippen LogP contribution in [-0.4, -0.2) is 36.1 Å². The van der Waals surface area contributed by atoms with Crippen LogP contribution in [0.2, 0.25) is 0 Å². The highest BCUT2D eigenvalue weighted by atomic mass is 79.9. The summed E-state index contributed by atoms with van der Waals surface area (Å²) >= 11 is 5.12. The van der Waals surface area contributed by atoms with Crippen LogP contribution in [0.25, 0.3) is 5.57 Å². The average molecular weight is 366 g/mol. The third kappa shape index (κ3) is 4.81. The van der Waals surface area contributed by atoms with Crippen molar-refractivity contribution >= 4 is 38.8 Å². The van der Waals surface area contributed by atoms with Crippen molar-refractivity contribution in [2.45, 2.75) is 0 Å². The van der Waals surface area contributed by atoms with Crippen LogP contribution in [0.3, 0.4) is 0 Å². The second kappa shape index (κ2) is 7.54. The molecule has 1 aromatic carbocycles. The number of hydrogen-bond acceptors (Lipinski definition) is 3. The Labute approximate surface area is 136 Å². The van der Waals surface area contributed by atoms with Crippen molar-refractivity contribution in [1.82, 2.24) is 4.90 Å². The second-order valence-electron chi connectivity index (χ2n) is 4.69. The number of nitrogens with zero attached hydrogens (tertiary/aromatic N) is 1. The van der Waals surface area contributed by atoms with E-state index in [1.165, 1.54) is 4.88 Å². The Kier molecular flexibility index (Phi) is 5.73. The molecule has 0 unspecified atom stereocenters. The monoisotopic (exact) mass is 365 g/mol. The van der Waals surface area contributed by atoms with Crippen molar-refractivity contribution in [3.63, 3.8) is 0 Å². The van der Waals surface area contributed by atoms with E-state index in [0.29, 0.717) is 6.54 Å². The molecule has 2 rings (SSSR count). The Hall–Kier alpha value is -1.43. The minimum atomic E-state index is -0.813. The van der Waals surface area contributed by atoms with Gasteiger partial charge in [-0.25, -0.2) is 0 Å². The van der Waals surface area contributed by atoms with E-state index in [-0.39, 0.29) is 6.54 Å². The zero-order valence-corrected chi connectivity index (χ0v) is 14.0. The van der Waals surface area contributed by atoms with E-state index < -0.39 is 5.97 Å². The Morgan fingerprint density at radius 1 is 1.33 bits per heavy atom. The van der Waals surface area contributed by atoms with Crippen LogP contribution < -0.4 is 0 Å². The molecule has 0 aliphatic rings. The first-order valence-corrected chi connectivity index (χ1v) is 8.14. The summed E-state index contributed by atoms with van der Waals surface area (Å²) < 4.78 is 1.04. The molecule has 110 valence electrons. The number of halogens is 1. The largest absolute Gasteiger partial charge is 0.480 e. The minimum Gasteiger partial charge on any atom is -0.480 e. The van der Waals surface area contributed by atoms with Crippen LogP contribution in [0.1, 0.15) is 10.4 Å². The number of carbonyl (C=O) groups is 1. The smallest absolute Gasteiger partial charge is 0.317 e. The molecule has 0 saturated heterocycles. The highest BCUT2D eigenvalue weighted by Crippen LogP contribution is 2.28. The molecular weight excluding hydrogens is 350 g/mol. The predicted octanol–water partition coefficient (Wildman–Crippen LogP) is 3.96. The van der Waals surface area contributed by atoms with Crippen molar-refractivity contribution in [2.75, 3.05) is 20.1 Å². The first-order chi connectivity index (χ1) is 10.1. The van der Waals surface area contributed by atoms with Crippen LogP contribution in [-0.2, 0) is 4.79 Å². The molecule has 0 aliphatic carbocycles. The number of carboxylic acids is 1. The Morgan fingerprint density at radius 2 is 2.05 bits per heavy atom. The summed E-state index contributed by atoms with van der Waals surface area (Å²) in [7, 11) is 1.80. The van der Waals surface area contributed by atoms with Crippen LogP contribution in [0, 0.1) is 0 Å². The number of likely N-dealkylation sites (N-methyl/N-ethyl adjacent to an activating group) is 1. The molecule has 0 spiro atoms. The standard InChI is InChI=1S/C16H16BrNO2S/c1-18(11-16(19)20)9-8-14(15-3-2-10-21-15)12-4-6-13(17)7-5-12/h2-8,10H,9,11H2,1H3,(H,19,20). The molecule has 1 N–H and O–H groups in total. The summed E-state index contributed by atoms with van der Waals surface area (Å²) in [5, 5.41) is 10.9.